The van der Waals surface area contributed by atoms with E-state index in [1.54, 1.807) is 0 Å². The first-order chi connectivity index (χ1) is 15.2. The van der Waals surface area contributed by atoms with Crippen molar-refractivity contribution in [2.75, 3.05) is 39.7 Å². The number of sulfonamides is 1. The van der Waals surface area contributed by atoms with Crippen molar-refractivity contribution >= 4 is 33.2 Å². The van der Waals surface area contributed by atoms with Crippen molar-refractivity contribution in [3.05, 3.63) is 41.2 Å². The summed E-state index contributed by atoms with van der Waals surface area (Å²) in [6.07, 6.45) is 0.960. The van der Waals surface area contributed by atoms with Crippen LogP contribution in [0.4, 0.5) is 10.1 Å². The molecule has 32 heavy (non-hydrogen) atoms. The number of ether oxygens (including phenoxy) is 3. The van der Waals surface area contributed by atoms with Crippen LogP contribution in [0.1, 0.15) is 12.8 Å². The molecule has 0 bridgehead atoms. The van der Waals surface area contributed by atoms with E-state index in [1.165, 1.54) is 43.8 Å². The molecule has 1 aliphatic heterocycles. The molecule has 0 spiro atoms. The lowest BCUT2D eigenvalue weighted by Crippen LogP contribution is -2.43. The van der Waals surface area contributed by atoms with Gasteiger partial charge in [0.25, 0.3) is 0 Å². The molecule has 2 aromatic rings. The molecule has 0 aromatic heterocycles. The molecule has 3 rings (SSSR count). The number of hydrogen-bond acceptors (Lipinski definition) is 6. The minimum atomic E-state index is -4.07. The van der Waals surface area contributed by atoms with Gasteiger partial charge in [0.05, 0.1) is 38.0 Å². The standard InChI is InChI=1S/C21H24ClFN2O6S/c1-29-17-7-6-14(23)9-20(17)32(27,28)25-8-4-5-13(12-25)21(26)24-16-11-18(30-2)15(22)10-19(16)31-3/h6-7,9-11,13H,4-5,8,12H2,1-3H3,(H,24,26)/t13-/m0/s1. The Morgan fingerprint density at radius 1 is 1.09 bits per heavy atom. The molecule has 1 fully saturated rings. The van der Waals surface area contributed by atoms with Crippen LogP contribution in [-0.4, -0.2) is 53.0 Å². The Kier molecular flexibility index (Phi) is 7.47. The van der Waals surface area contributed by atoms with E-state index in [4.69, 9.17) is 25.8 Å². The molecule has 11 heteroatoms. The average molecular weight is 487 g/mol. The Morgan fingerprint density at radius 2 is 1.78 bits per heavy atom. The largest absolute Gasteiger partial charge is 0.495 e. The zero-order valence-corrected chi connectivity index (χ0v) is 19.4. The average Bonchev–Trinajstić information content (AvgIpc) is 2.79. The first kappa shape index (κ1) is 24.1. The van der Waals surface area contributed by atoms with Crippen molar-refractivity contribution in [3.63, 3.8) is 0 Å². The van der Waals surface area contributed by atoms with Gasteiger partial charge >= 0.3 is 0 Å². The molecule has 1 aliphatic rings. The Labute approximate surface area is 191 Å². The SMILES string of the molecule is COc1cc(NC(=O)[C@H]2CCCN(S(=O)(=O)c3cc(F)ccc3OC)C2)c(OC)cc1Cl. The molecule has 0 aliphatic carbocycles. The summed E-state index contributed by atoms with van der Waals surface area (Å²) < 4.78 is 56.8. The van der Waals surface area contributed by atoms with Gasteiger partial charge in [-0.25, -0.2) is 12.8 Å². The van der Waals surface area contributed by atoms with Gasteiger partial charge in [-0.05, 0) is 31.0 Å². The van der Waals surface area contributed by atoms with Crippen molar-refractivity contribution in [1.29, 1.82) is 0 Å². The number of methoxy groups -OCH3 is 3. The van der Waals surface area contributed by atoms with Crippen LogP contribution in [0.25, 0.3) is 0 Å². The van der Waals surface area contributed by atoms with Gasteiger partial charge < -0.3 is 19.5 Å². The number of benzene rings is 2. The summed E-state index contributed by atoms with van der Waals surface area (Å²) >= 11 is 6.10. The zero-order valence-electron chi connectivity index (χ0n) is 17.9. The molecule has 0 saturated carbocycles. The highest BCUT2D eigenvalue weighted by molar-refractivity contribution is 7.89. The third kappa shape index (κ3) is 4.92. The van der Waals surface area contributed by atoms with E-state index in [0.29, 0.717) is 35.1 Å². The maximum Gasteiger partial charge on any atom is 0.246 e. The highest BCUT2D eigenvalue weighted by Gasteiger charge is 2.35. The van der Waals surface area contributed by atoms with Crippen LogP contribution >= 0.6 is 11.6 Å². The predicted octanol–water partition coefficient (Wildman–Crippen LogP) is 3.54. The van der Waals surface area contributed by atoms with Crippen LogP contribution in [0.3, 0.4) is 0 Å². The molecule has 1 saturated heterocycles. The van der Waals surface area contributed by atoms with Crippen molar-refractivity contribution in [2.45, 2.75) is 17.7 Å². The van der Waals surface area contributed by atoms with Crippen LogP contribution in [0.15, 0.2) is 35.2 Å². The summed E-state index contributed by atoms with van der Waals surface area (Å²) in [5.41, 5.74) is 0.352. The molecular formula is C21H24ClFN2O6S. The molecular weight excluding hydrogens is 463 g/mol. The van der Waals surface area contributed by atoms with Gasteiger partial charge in [-0.3, -0.25) is 4.79 Å². The van der Waals surface area contributed by atoms with E-state index in [1.807, 2.05) is 0 Å². The maximum absolute atomic E-state index is 13.8. The fourth-order valence-electron chi connectivity index (χ4n) is 3.56. The van der Waals surface area contributed by atoms with Gasteiger partial charge in [0.1, 0.15) is 28.0 Å². The molecule has 1 N–H and O–H groups in total. The monoisotopic (exact) mass is 486 g/mol. The van der Waals surface area contributed by atoms with Gasteiger partial charge in [-0.2, -0.15) is 4.31 Å². The second kappa shape index (κ2) is 9.93. The lowest BCUT2D eigenvalue weighted by atomic mass is 9.98. The Hall–Kier alpha value is -2.56. The molecule has 2 aromatic carbocycles. The molecule has 1 amide bonds. The summed E-state index contributed by atoms with van der Waals surface area (Å²) in [5, 5.41) is 3.09. The van der Waals surface area contributed by atoms with Crippen LogP contribution in [0, 0.1) is 11.7 Å². The van der Waals surface area contributed by atoms with Gasteiger partial charge in [0.15, 0.2) is 0 Å². The van der Waals surface area contributed by atoms with Crippen molar-refractivity contribution in [3.8, 4) is 17.2 Å². The number of hydrogen-bond donors (Lipinski definition) is 1. The first-order valence-corrected chi connectivity index (χ1v) is 11.6. The number of carbonyl (C=O) groups is 1. The smallest absolute Gasteiger partial charge is 0.246 e. The number of rotatable bonds is 7. The van der Waals surface area contributed by atoms with Gasteiger partial charge in [0, 0.05) is 25.2 Å². The molecule has 8 nitrogen and oxygen atoms in total. The Morgan fingerprint density at radius 3 is 2.44 bits per heavy atom. The molecule has 0 radical (unpaired) electrons. The number of amides is 1. The van der Waals surface area contributed by atoms with E-state index in [0.717, 1.165) is 12.1 Å². The quantitative estimate of drug-likeness (QED) is 0.643. The maximum atomic E-state index is 13.8. The summed E-state index contributed by atoms with van der Waals surface area (Å²) in [6.45, 7) is 0.157. The highest BCUT2D eigenvalue weighted by Crippen LogP contribution is 2.37. The first-order valence-electron chi connectivity index (χ1n) is 9.77. The number of piperidine rings is 1. The second-order valence-electron chi connectivity index (χ2n) is 7.17. The number of anilines is 1. The number of nitrogens with zero attached hydrogens (tertiary/aromatic N) is 1. The van der Waals surface area contributed by atoms with E-state index in [9.17, 15) is 17.6 Å². The predicted molar refractivity (Wildman–Crippen MR) is 118 cm³/mol. The fourth-order valence-corrected chi connectivity index (χ4v) is 5.48. The summed E-state index contributed by atoms with van der Waals surface area (Å²) in [7, 11) is 0.130. The third-order valence-corrected chi connectivity index (χ3v) is 7.41. The normalized spacial score (nSPS) is 17.0. The van der Waals surface area contributed by atoms with Gasteiger partial charge in [0.2, 0.25) is 15.9 Å². The number of nitrogens with one attached hydrogen (secondary N) is 1. The van der Waals surface area contributed by atoms with Gasteiger partial charge in [-0.15, -0.1) is 0 Å². The van der Waals surface area contributed by atoms with Crippen molar-refractivity contribution in [2.24, 2.45) is 5.92 Å². The number of halogens is 2. The lowest BCUT2D eigenvalue weighted by molar-refractivity contribution is -0.120. The minimum absolute atomic E-state index is 0.0379. The minimum Gasteiger partial charge on any atom is -0.495 e. The van der Waals surface area contributed by atoms with Crippen molar-refractivity contribution < 1.29 is 31.8 Å². The fraction of sp³-hybridized carbons (Fsp3) is 0.381. The molecule has 174 valence electrons. The van der Waals surface area contributed by atoms with E-state index < -0.39 is 21.8 Å². The summed E-state index contributed by atoms with van der Waals surface area (Å²) in [5.74, 6) is -0.957. The van der Waals surface area contributed by atoms with Crippen LogP contribution < -0.4 is 19.5 Å². The van der Waals surface area contributed by atoms with Crippen LogP contribution in [0.2, 0.25) is 5.02 Å². The van der Waals surface area contributed by atoms with Crippen LogP contribution in [-0.2, 0) is 14.8 Å². The summed E-state index contributed by atoms with van der Waals surface area (Å²) in [6, 6.07) is 6.36. The van der Waals surface area contributed by atoms with E-state index >= 15 is 0 Å². The highest BCUT2D eigenvalue weighted by atomic mass is 35.5. The molecule has 0 unspecified atom stereocenters. The zero-order chi connectivity index (χ0) is 23.5. The summed E-state index contributed by atoms with van der Waals surface area (Å²) in [4.78, 5) is 12.7. The Balaban J connectivity index is 1.82. The molecule has 1 atom stereocenters. The van der Waals surface area contributed by atoms with E-state index in [-0.39, 0.29) is 29.6 Å². The lowest BCUT2D eigenvalue weighted by Gasteiger charge is -2.31. The Bertz CT molecular complexity index is 1110. The molecule has 1 heterocycles. The third-order valence-electron chi connectivity index (χ3n) is 5.23. The topological polar surface area (TPSA) is 94.2 Å². The van der Waals surface area contributed by atoms with Gasteiger partial charge in [-0.1, -0.05) is 11.6 Å². The van der Waals surface area contributed by atoms with Crippen molar-refractivity contribution in [1.82, 2.24) is 4.31 Å². The van der Waals surface area contributed by atoms with E-state index in [2.05, 4.69) is 5.32 Å². The second-order valence-corrected chi connectivity index (χ2v) is 9.49. The van der Waals surface area contributed by atoms with Crippen LogP contribution in [0.5, 0.6) is 17.2 Å². The number of carbonyl (C=O) groups excluding carboxylic acids is 1.